The van der Waals surface area contributed by atoms with E-state index in [4.69, 9.17) is 9.84 Å². The van der Waals surface area contributed by atoms with Gasteiger partial charge in [0.05, 0.1) is 6.61 Å². The van der Waals surface area contributed by atoms with E-state index in [1.165, 1.54) is 5.56 Å². The van der Waals surface area contributed by atoms with Crippen molar-refractivity contribution in [1.82, 2.24) is 5.32 Å². The molecule has 0 amide bonds. The molecular weight excluding hydrogens is 254 g/mol. The number of rotatable bonds is 8. The third-order valence-corrected chi connectivity index (χ3v) is 2.46. The lowest BCUT2D eigenvalue weighted by Gasteiger charge is -2.05. The zero-order chi connectivity index (χ0) is 12.5. The first-order valence-electron chi connectivity index (χ1n) is 5.71. The van der Waals surface area contributed by atoms with Crippen LogP contribution in [-0.2, 0) is 22.5 Å². The molecule has 18 heavy (non-hydrogen) atoms. The van der Waals surface area contributed by atoms with Gasteiger partial charge in [-0.3, -0.25) is 4.79 Å². The van der Waals surface area contributed by atoms with Crippen molar-refractivity contribution in [1.29, 1.82) is 0 Å². The molecule has 102 valence electrons. The average molecular weight is 274 g/mol. The third-order valence-electron chi connectivity index (χ3n) is 2.46. The molecular formula is C13H20ClNO3. The van der Waals surface area contributed by atoms with Crippen LogP contribution in [0.15, 0.2) is 24.3 Å². The summed E-state index contributed by atoms with van der Waals surface area (Å²) < 4.78 is 4.94. The minimum Gasteiger partial charge on any atom is -0.481 e. The van der Waals surface area contributed by atoms with Gasteiger partial charge in [-0.2, -0.15) is 0 Å². The van der Waals surface area contributed by atoms with E-state index < -0.39 is 5.97 Å². The molecule has 4 nitrogen and oxygen atoms in total. The Morgan fingerprint density at radius 2 is 1.89 bits per heavy atom. The van der Waals surface area contributed by atoms with E-state index in [-0.39, 0.29) is 18.8 Å². The van der Waals surface area contributed by atoms with Gasteiger partial charge in [-0.25, -0.2) is 0 Å². The maximum atomic E-state index is 10.4. The summed E-state index contributed by atoms with van der Waals surface area (Å²) >= 11 is 0. The van der Waals surface area contributed by atoms with Crippen molar-refractivity contribution in [2.24, 2.45) is 0 Å². The van der Waals surface area contributed by atoms with E-state index in [2.05, 4.69) is 5.32 Å². The number of carboxylic acids is 1. The molecule has 1 rings (SSSR count). The summed E-state index contributed by atoms with van der Waals surface area (Å²) in [7, 11) is 1.68. The molecule has 0 fully saturated rings. The van der Waals surface area contributed by atoms with Gasteiger partial charge in [0.2, 0.25) is 0 Å². The zero-order valence-electron chi connectivity index (χ0n) is 10.5. The number of carboxylic acid groups (broad SMARTS) is 1. The lowest BCUT2D eigenvalue weighted by Crippen LogP contribution is -2.18. The van der Waals surface area contributed by atoms with Crippen LogP contribution in [0.2, 0.25) is 0 Å². The summed E-state index contributed by atoms with van der Waals surface area (Å²) in [5.41, 5.74) is 2.26. The van der Waals surface area contributed by atoms with Crippen LogP contribution >= 0.6 is 12.4 Å². The van der Waals surface area contributed by atoms with E-state index in [1.807, 2.05) is 24.3 Å². The van der Waals surface area contributed by atoms with Gasteiger partial charge in [-0.1, -0.05) is 24.3 Å². The Balaban J connectivity index is 0.00000289. The first-order chi connectivity index (χ1) is 8.22. The van der Waals surface area contributed by atoms with Crippen molar-refractivity contribution in [2.45, 2.75) is 19.4 Å². The van der Waals surface area contributed by atoms with Crippen LogP contribution in [0.25, 0.3) is 0 Å². The van der Waals surface area contributed by atoms with Crippen LogP contribution in [0.5, 0.6) is 0 Å². The van der Waals surface area contributed by atoms with Crippen LogP contribution in [0.3, 0.4) is 0 Å². The predicted molar refractivity (Wildman–Crippen MR) is 73.2 cm³/mol. The largest absolute Gasteiger partial charge is 0.481 e. The number of halogens is 1. The molecule has 1 aromatic rings. The number of aryl methyl sites for hydroxylation is 1. The third kappa shape index (κ3) is 7.27. The number of carbonyl (C=O) groups is 1. The highest BCUT2D eigenvalue weighted by Crippen LogP contribution is 2.06. The van der Waals surface area contributed by atoms with Crippen molar-refractivity contribution >= 4 is 18.4 Å². The molecule has 0 aliphatic carbocycles. The molecule has 0 radical (unpaired) electrons. The van der Waals surface area contributed by atoms with E-state index in [0.717, 1.165) is 18.7 Å². The fourth-order valence-electron chi connectivity index (χ4n) is 1.48. The number of hydrogen-bond donors (Lipinski definition) is 2. The summed E-state index contributed by atoms with van der Waals surface area (Å²) in [6.45, 7) is 2.34. The fraction of sp³-hybridized carbons (Fsp3) is 0.462. The zero-order valence-corrected chi connectivity index (χ0v) is 11.3. The Morgan fingerprint density at radius 3 is 2.44 bits per heavy atom. The monoisotopic (exact) mass is 273 g/mol. The Hall–Kier alpha value is -1.10. The summed E-state index contributed by atoms with van der Waals surface area (Å²) in [5.74, 6) is -0.754. The second-order valence-corrected chi connectivity index (χ2v) is 3.88. The molecule has 0 saturated carbocycles. The molecule has 0 aromatic heterocycles. The molecule has 0 bridgehead atoms. The van der Waals surface area contributed by atoms with Crippen LogP contribution in [0.4, 0.5) is 0 Å². The number of aliphatic carboxylic acids is 1. The lowest BCUT2D eigenvalue weighted by molar-refractivity contribution is -0.136. The minimum atomic E-state index is -0.754. The van der Waals surface area contributed by atoms with Gasteiger partial charge in [0, 0.05) is 26.6 Å². The Labute approximate surface area is 114 Å². The summed E-state index contributed by atoms with van der Waals surface area (Å²) in [5, 5.41) is 11.8. The van der Waals surface area contributed by atoms with Crippen molar-refractivity contribution < 1.29 is 14.6 Å². The van der Waals surface area contributed by atoms with E-state index in [9.17, 15) is 4.79 Å². The molecule has 2 N–H and O–H groups in total. The quantitative estimate of drug-likeness (QED) is 0.710. The molecule has 0 unspecified atom stereocenters. The Bertz CT molecular complexity index is 341. The lowest BCUT2D eigenvalue weighted by atomic mass is 10.1. The standard InChI is InChI=1S/C13H19NO3.ClH/c1-17-9-8-14-10-12-4-2-11(3-5-12)6-7-13(15)16;/h2-5,14H,6-10H2,1H3,(H,15,16);1H. The molecule has 0 aliphatic rings. The second-order valence-electron chi connectivity index (χ2n) is 3.88. The fourth-order valence-corrected chi connectivity index (χ4v) is 1.48. The van der Waals surface area contributed by atoms with Gasteiger partial charge >= 0.3 is 5.97 Å². The highest BCUT2D eigenvalue weighted by atomic mass is 35.5. The molecule has 0 aliphatic heterocycles. The van der Waals surface area contributed by atoms with Crippen LogP contribution in [0.1, 0.15) is 17.5 Å². The number of methoxy groups -OCH3 is 1. The van der Waals surface area contributed by atoms with E-state index in [1.54, 1.807) is 7.11 Å². The van der Waals surface area contributed by atoms with Crippen LogP contribution in [-0.4, -0.2) is 31.3 Å². The second kappa shape index (κ2) is 9.88. The van der Waals surface area contributed by atoms with Gasteiger partial charge < -0.3 is 15.2 Å². The molecule has 0 saturated heterocycles. The SMILES string of the molecule is COCCNCc1ccc(CCC(=O)O)cc1.Cl. The number of benzene rings is 1. The molecule has 0 atom stereocenters. The molecule has 5 heteroatoms. The number of ether oxygens (including phenoxy) is 1. The maximum absolute atomic E-state index is 10.4. The minimum absolute atomic E-state index is 0. The van der Waals surface area contributed by atoms with Gasteiger partial charge in [-0.05, 0) is 17.5 Å². The van der Waals surface area contributed by atoms with Gasteiger partial charge in [0.1, 0.15) is 0 Å². The summed E-state index contributed by atoms with van der Waals surface area (Å²) in [6.07, 6.45) is 0.776. The van der Waals surface area contributed by atoms with Gasteiger partial charge in [0.15, 0.2) is 0 Å². The number of nitrogens with one attached hydrogen (secondary N) is 1. The topological polar surface area (TPSA) is 58.6 Å². The average Bonchev–Trinajstić information content (AvgIpc) is 2.33. The van der Waals surface area contributed by atoms with Gasteiger partial charge in [-0.15, -0.1) is 12.4 Å². The maximum Gasteiger partial charge on any atom is 0.303 e. The molecule has 0 spiro atoms. The van der Waals surface area contributed by atoms with Crippen molar-refractivity contribution in [3.05, 3.63) is 35.4 Å². The number of hydrogen-bond acceptors (Lipinski definition) is 3. The van der Waals surface area contributed by atoms with Gasteiger partial charge in [0.25, 0.3) is 0 Å². The van der Waals surface area contributed by atoms with Crippen molar-refractivity contribution in [3.8, 4) is 0 Å². The Morgan fingerprint density at radius 1 is 1.28 bits per heavy atom. The van der Waals surface area contributed by atoms with Crippen molar-refractivity contribution in [3.63, 3.8) is 0 Å². The normalized spacial score (nSPS) is 9.83. The molecule has 1 aromatic carbocycles. The highest BCUT2D eigenvalue weighted by Gasteiger charge is 1.99. The first kappa shape index (κ1) is 16.9. The predicted octanol–water partition coefficient (Wildman–Crippen LogP) is 1.86. The summed E-state index contributed by atoms with van der Waals surface area (Å²) in [4.78, 5) is 10.4. The van der Waals surface area contributed by atoms with Crippen LogP contribution < -0.4 is 5.32 Å². The van der Waals surface area contributed by atoms with E-state index >= 15 is 0 Å². The first-order valence-corrected chi connectivity index (χ1v) is 5.71. The van der Waals surface area contributed by atoms with Crippen molar-refractivity contribution in [2.75, 3.05) is 20.3 Å². The Kier molecular flexibility index (Phi) is 9.28. The van der Waals surface area contributed by atoms with E-state index in [0.29, 0.717) is 13.0 Å². The summed E-state index contributed by atoms with van der Waals surface area (Å²) in [6, 6.07) is 8.01. The smallest absolute Gasteiger partial charge is 0.303 e. The van der Waals surface area contributed by atoms with Crippen LogP contribution in [0, 0.1) is 0 Å². The molecule has 0 heterocycles. The highest BCUT2D eigenvalue weighted by molar-refractivity contribution is 5.85.